The first-order valence-corrected chi connectivity index (χ1v) is 11.4. The van der Waals surface area contributed by atoms with Gasteiger partial charge in [0, 0.05) is 5.92 Å². The number of aromatic hydroxyl groups is 1. The predicted molar refractivity (Wildman–Crippen MR) is 125 cm³/mol. The first-order chi connectivity index (χ1) is 17.5. The molecular weight excluding hydrogens is 468 g/mol. The molecule has 36 heavy (non-hydrogen) atoms. The van der Waals surface area contributed by atoms with E-state index >= 15 is 0 Å². The van der Waals surface area contributed by atoms with Gasteiger partial charge in [0.05, 0.1) is 0 Å². The van der Waals surface area contributed by atoms with Crippen molar-refractivity contribution >= 4 is 12.3 Å². The van der Waals surface area contributed by atoms with Crippen LogP contribution in [0, 0.1) is 0 Å². The van der Waals surface area contributed by atoms with Gasteiger partial charge in [-0.05, 0) is 53.1 Å². The summed E-state index contributed by atoms with van der Waals surface area (Å²) in [4.78, 5) is 22.1. The summed E-state index contributed by atoms with van der Waals surface area (Å²) in [5.74, 6) is 1.37. The number of phenols is 1. The van der Waals surface area contributed by atoms with E-state index in [1.807, 2.05) is 60.7 Å². The van der Waals surface area contributed by atoms with Crippen LogP contribution in [0.3, 0.4) is 0 Å². The van der Waals surface area contributed by atoms with Crippen molar-refractivity contribution in [3.05, 3.63) is 89.5 Å². The van der Waals surface area contributed by atoms with Crippen LogP contribution in [0.15, 0.2) is 72.8 Å². The molecule has 3 aromatic carbocycles. The van der Waals surface area contributed by atoms with Gasteiger partial charge < -0.3 is 33.5 Å². The van der Waals surface area contributed by atoms with Crippen LogP contribution in [0.25, 0.3) is 0 Å². The summed E-state index contributed by atoms with van der Waals surface area (Å²) >= 11 is 0. The topological polar surface area (TPSA) is 110 Å². The molecule has 0 radical (unpaired) electrons. The Morgan fingerprint density at radius 3 is 1.42 bits per heavy atom. The minimum absolute atomic E-state index is 0.109. The number of benzene rings is 3. The van der Waals surface area contributed by atoms with Crippen LogP contribution in [0.1, 0.15) is 22.6 Å². The molecule has 2 saturated heterocycles. The molecule has 2 heterocycles. The Morgan fingerprint density at radius 1 is 0.667 bits per heavy atom. The van der Waals surface area contributed by atoms with Crippen molar-refractivity contribution in [2.24, 2.45) is 0 Å². The minimum Gasteiger partial charge on any atom is -0.508 e. The third kappa shape index (κ3) is 5.63. The third-order valence-electron chi connectivity index (χ3n) is 5.83. The highest BCUT2D eigenvalue weighted by atomic mass is 16.8. The van der Waals surface area contributed by atoms with Crippen molar-refractivity contribution in [3.8, 4) is 17.2 Å². The van der Waals surface area contributed by atoms with E-state index in [0.29, 0.717) is 11.5 Å². The molecule has 2 aliphatic rings. The van der Waals surface area contributed by atoms with Gasteiger partial charge in [-0.3, -0.25) is 0 Å². The molecule has 0 saturated carbocycles. The Hall–Kier alpha value is -4.40. The molecule has 0 aliphatic carbocycles. The summed E-state index contributed by atoms with van der Waals surface area (Å²) in [5, 5.41) is 9.77. The van der Waals surface area contributed by atoms with E-state index < -0.39 is 24.5 Å². The van der Waals surface area contributed by atoms with Crippen molar-refractivity contribution in [2.45, 2.75) is 18.1 Å². The number of cyclic esters (lactones) is 4. The molecule has 0 bridgehead atoms. The molecular formula is C27H24O9. The highest BCUT2D eigenvalue weighted by Crippen LogP contribution is 2.34. The van der Waals surface area contributed by atoms with Gasteiger partial charge in [0.25, 0.3) is 0 Å². The van der Waals surface area contributed by atoms with Gasteiger partial charge in [-0.15, -0.1) is 0 Å². The molecule has 2 aliphatic heterocycles. The van der Waals surface area contributed by atoms with Crippen LogP contribution >= 0.6 is 0 Å². The van der Waals surface area contributed by atoms with Crippen LogP contribution in [0.2, 0.25) is 0 Å². The predicted octanol–water partition coefficient (Wildman–Crippen LogP) is 4.40. The lowest BCUT2D eigenvalue weighted by molar-refractivity contribution is 0.0977. The summed E-state index contributed by atoms with van der Waals surface area (Å²) < 4.78 is 31.0. The van der Waals surface area contributed by atoms with Crippen molar-refractivity contribution in [1.82, 2.24) is 0 Å². The molecule has 0 aromatic heterocycles. The maximum Gasteiger partial charge on any atom is 0.508 e. The fraction of sp³-hybridized carbons (Fsp3) is 0.259. The second-order valence-electron chi connectivity index (χ2n) is 8.39. The van der Waals surface area contributed by atoms with E-state index in [0.717, 1.165) is 16.7 Å². The number of rotatable bonds is 9. The fourth-order valence-corrected chi connectivity index (χ4v) is 4.03. The lowest BCUT2D eigenvalue weighted by Gasteiger charge is -2.20. The first-order valence-electron chi connectivity index (χ1n) is 11.4. The van der Waals surface area contributed by atoms with Gasteiger partial charge in [-0.1, -0.05) is 36.4 Å². The Morgan fingerprint density at radius 2 is 1.06 bits per heavy atom. The molecule has 2 atom stereocenters. The van der Waals surface area contributed by atoms with Gasteiger partial charge >= 0.3 is 12.3 Å². The zero-order valence-corrected chi connectivity index (χ0v) is 19.2. The zero-order valence-electron chi connectivity index (χ0n) is 19.2. The second-order valence-corrected chi connectivity index (χ2v) is 8.39. The van der Waals surface area contributed by atoms with Crippen LogP contribution in [-0.4, -0.2) is 56.1 Å². The fourth-order valence-electron chi connectivity index (χ4n) is 4.03. The smallest absolute Gasteiger partial charge is 0.508 e. The van der Waals surface area contributed by atoms with E-state index in [9.17, 15) is 14.7 Å². The maximum atomic E-state index is 11.1. The van der Waals surface area contributed by atoms with E-state index in [1.165, 1.54) is 0 Å². The summed E-state index contributed by atoms with van der Waals surface area (Å²) in [6, 6.07) is 22.4. The Labute approximate surface area is 207 Å². The zero-order chi connectivity index (χ0) is 24.9. The Kier molecular flexibility index (Phi) is 6.79. The number of hydrogen-bond acceptors (Lipinski definition) is 9. The molecule has 186 valence electrons. The van der Waals surface area contributed by atoms with Gasteiger partial charge in [-0.2, -0.15) is 0 Å². The summed E-state index contributed by atoms with van der Waals surface area (Å²) in [7, 11) is 0. The highest BCUT2D eigenvalue weighted by Gasteiger charge is 2.26. The standard InChI is InChI=1S/C27H24O9/c28-20-7-1-17(2-8-20)25(18-3-9-21(10-4-18)31-13-23-15-33-26(29)35-23)19-5-11-22(12-6-19)32-14-24-16-34-27(30)36-24/h1-12,23-25,28H,13-16H2. The van der Waals surface area contributed by atoms with Crippen LogP contribution in [0.4, 0.5) is 9.59 Å². The molecule has 0 spiro atoms. The summed E-state index contributed by atoms with van der Waals surface area (Å²) in [5.41, 5.74) is 3.04. The largest absolute Gasteiger partial charge is 0.508 e. The number of ether oxygens (including phenoxy) is 6. The molecule has 2 fully saturated rings. The average Bonchev–Trinajstić information content (AvgIpc) is 3.51. The maximum absolute atomic E-state index is 11.1. The van der Waals surface area contributed by atoms with E-state index in [2.05, 4.69) is 0 Å². The second kappa shape index (κ2) is 10.5. The normalized spacial score (nSPS) is 19.6. The minimum atomic E-state index is -0.678. The molecule has 2 unspecified atom stereocenters. The van der Waals surface area contributed by atoms with Gasteiger partial charge in [-0.25, -0.2) is 9.59 Å². The van der Waals surface area contributed by atoms with Crippen LogP contribution in [-0.2, 0) is 18.9 Å². The number of hydrogen-bond donors (Lipinski definition) is 1. The van der Waals surface area contributed by atoms with E-state index in [1.54, 1.807) is 12.1 Å². The highest BCUT2D eigenvalue weighted by molar-refractivity contribution is 5.62. The van der Waals surface area contributed by atoms with E-state index in [-0.39, 0.29) is 38.1 Å². The van der Waals surface area contributed by atoms with Crippen molar-refractivity contribution in [3.63, 3.8) is 0 Å². The summed E-state index contributed by atoms with van der Waals surface area (Å²) in [6.45, 7) is 0.776. The molecule has 9 heteroatoms. The number of carbonyl (C=O) groups is 2. The van der Waals surface area contributed by atoms with Crippen molar-refractivity contribution in [1.29, 1.82) is 0 Å². The Balaban J connectivity index is 1.30. The van der Waals surface area contributed by atoms with Crippen LogP contribution in [0.5, 0.6) is 17.2 Å². The molecule has 5 rings (SSSR count). The quantitative estimate of drug-likeness (QED) is 0.343. The van der Waals surface area contributed by atoms with Gasteiger partial charge in [0.1, 0.15) is 43.7 Å². The van der Waals surface area contributed by atoms with Crippen LogP contribution < -0.4 is 9.47 Å². The number of phenolic OH excluding ortho intramolecular Hbond substituents is 1. The lowest BCUT2D eigenvalue weighted by Crippen LogP contribution is -2.20. The lowest BCUT2D eigenvalue weighted by atomic mass is 9.85. The van der Waals surface area contributed by atoms with Crippen molar-refractivity contribution in [2.75, 3.05) is 26.4 Å². The van der Waals surface area contributed by atoms with Gasteiger partial charge in [0.15, 0.2) is 12.2 Å². The van der Waals surface area contributed by atoms with Crippen molar-refractivity contribution < 1.29 is 43.1 Å². The molecule has 1 N–H and O–H groups in total. The molecule has 0 amide bonds. The van der Waals surface area contributed by atoms with Gasteiger partial charge in [0.2, 0.25) is 0 Å². The number of carbonyl (C=O) groups excluding carboxylic acids is 2. The first kappa shape index (κ1) is 23.3. The average molecular weight is 492 g/mol. The molecule has 3 aromatic rings. The third-order valence-corrected chi connectivity index (χ3v) is 5.83. The van der Waals surface area contributed by atoms with E-state index in [4.69, 9.17) is 28.4 Å². The summed E-state index contributed by atoms with van der Waals surface area (Å²) in [6.07, 6.45) is -2.20. The monoisotopic (exact) mass is 492 g/mol. The Bertz CT molecular complexity index is 1120. The molecule has 9 nitrogen and oxygen atoms in total. The SMILES string of the molecule is O=C1OCC(COc2ccc(C(c3ccc(O)cc3)c3ccc(OCC4COC(=O)O4)cc3)cc2)O1.